The number of carbonyl (C=O) groups is 1. The summed E-state index contributed by atoms with van der Waals surface area (Å²) in [5.41, 5.74) is 6.17. The number of carboxylic acids is 1. The van der Waals surface area contributed by atoms with Crippen molar-refractivity contribution >= 4 is 22.7 Å². The van der Waals surface area contributed by atoms with Crippen molar-refractivity contribution in [2.75, 3.05) is 5.73 Å². The van der Waals surface area contributed by atoms with Crippen molar-refractivity contribution in [3.05, 3.63) is 17.5 Å². The third-order valence-electron chi connectivity index (χ3n) is 3.05. The van der Waals surface area contributed by atoms with E-state index in [-0.39, 0.29) is 35.6 Å². The number of aromatic carboxylic acids is 1. The molecule has 114 valence electrons. The van der Waals surface area contributed by atoms with Gasteiger partial charge in [-0.3, -0.25) is 0 Å². The summed E-state index contributed by atoms with van der Waals surface area (Å²) in [5.74, 6) is -1.20. The molecule has 0 radical (unpaired) electrons. The standard InChI is InChI=1S/C12H13F3N4O2/c1-6-8(11(20)21)9(16)7-5-17-19(10(7)18-6)4-2-3-12(13,14)15/h5H,2-4H2,1H3,(H2,16,18)(H,20,21). The predicted octanol–water partition coefficient (Wildman–Crippen LogP) is 2.36. The van der Waals surface area contributed by atoms with Crippen molar-refractivity contribution in [3.63, 3.8) is 0 Å². The Bertz CT molecular complexity index is 694. The fourth-order valence-corrected chi connectivity index (χ4v) is 2.09. The second-order valence-electron chi connectivity index (χ2n) is 4.61. The molecule has 0 aliphatic carbocycles. The highest BCUT2D eigenvalue weighted by Crippen LogP contribution is 2.26. The highest BCUT2D eigenvalue weighted by atomic mass is 19.4. The minimum atomic E-state index is -4.22. The van der Waals surface area contributed by atoms with Crippen molar-refractivity contribution in [3.8, 4) is 0 Å². The lowest BCUT2D eigenvalue weighted by molar-refractivity contribution is -0.135. The number of aryl methyl sites for hydroxylation is 2. The molecule has 0 aliphatic rings. The first-order valence-electron chi connectivity index (χ1n) is 6.12. The van der Waals surface area contributed by atoms with Crippen LogP contribution in [0.5, 0.6) is 0 Å². The number of nitrogen functional groups attached to an aromatic ring is 1. The van der Waals surface area contributed by atoms with E-state index in [2.05, 4.69) is 10.1 Å². The Kier molecular flexibility index (Phi) is 3.75. The zero-order valence-electron chi connectivity index (χ0n) is 11.1. The molecule has 0 bridgehead atoms. The molecule has 0 saturated carbocycles. The number of hydrogen-bond donors (Lipinski definition) is 2. The van der Waals surface area contributed by atoms with Gasteiger partial charge in [-0.1, -0.05) is 0 Å². The van der Waals surface area contributed by atoms with Crippen LogP contribution in [0.1, 0.15) is 28.9 Å². The average Bonchev–Trinajstić information content (AvgIpc) is 2.70. The topological polar surface area (TPSA) is 94.0 Å². The molecule has 2 rings (SSSR count). The summed E-state index contributed by atoms with van der Waals surface area (Å²) in [6, 6.07) is 0. The van der Waals surface area contributed by atoms with E-state index < -0.39 is 18.6 Å². The molecular formula is C12H13F3N4O2. The summed E-state index contributed by atoms with van der Waals surface area (Å²) < 4.78 is 37.7. The van der Waals surface area contributed by atoms with Crippen LogP contribution in [0.15, 0.2) is 6.20 Å². The number of fused-ring (bicyclic) bond motifs is 1. The molecule has 0 spiro atoms. The van der Waals surface area contributed by atoms with Crippen LogP contribution in [-0.2, 0) is 6.54 Å². The van der Waals surface area contributed by atoms with Gasteiger partial charge in [-0.25, -0.2) is 14.5 Å². The number of nitrogens with zero attached hydrogens (tertiary/aromatic N) is 3. The first-order chi connectivity index (χ1) is 9.70. The van der Waals surface area contributed by atoms with Gasteiger partial charge in [0, 0.05) is 13.0 Å². The molecule has 2 aromatic rings. The zero-order chi connectivity index (χ0) is 15.8. The minimum Gasteiger partial charge on any atom is -0.478 e. The number of anilines is 1. The molecule has 0 aromatic carbocycles. The van der Waals surface area contributed by atoms with E-state index in [1.165, 1.54) is 17.8 Å². The van der Waals surface area contributed by atoms with E-state index in [0.29, 0.717) is 5.39 Å². The molecule has 0 amide bonds. The zero-order valence-corrected chi connectivity index (χ0v) is 11.1. The van der Waals surface area contributed by atoms with Crippen LogP contribution in [0, 0.1) is 6.92 Å². The quantitative estimate of drug-likeness (QED) is 0.904. The van der Waals surface area contributed by atoms with Gasteiger partial charge in [-0.15, -0.1) is 0 Å². The molecule has 21 heavy (non-hydrogen) atoms. The predicted molar refractivity (Wildman–Crippen MR) is 68.9 cm³/mol. The second kappa shape index (κ2) is 5.23. The number of rotatable bonds is 4. The van der Waals surface area contributed by atoms with Gasteiger partial charge in [0.05, 0.1) is 23.0 Å². The fraction of sp³-hybridized carbons (Fsp3) is 0.417. The number of nitrogens with two attached hydrogens (primary N) is 1. The Morgan fingerprint density at radius 1 is 1.48 bits per heavy atom. The van der Waals surface area contributed by atoms with E-state index in [9.17, 15) is 18.0 Å². The maximum atomic E-state index is 12.1. The van der Waals surface area contributed by atoms with Gasteiger partial charge in [-0.2, -0.15) is 18.3 Å². The van der Waals surface area contributed by atoms with E-state index in [4.69, 9.17) is 10.8 Å². The molecule has 0 unspecified atom stereocenters. The molecule has 0 fully saturated rings. The van der Waals surface area contributed by atoms with Gasteiger partial charge >= 0.3 is 12.1 Å². The third-order valence-corrected chi connectivity index (χ3v) is 3.05. The van der Waals surface area contributed by atoms with Crippen molar-refractivity contribution in [2.45, 2.75) is 32.5 Å². The number of hydrogen-bond acceptors (Lipinski definition) is 4. The molecular weight excluding hydrogens is 289 g/mol. The van der Waals surface area contributed by atoms with Crippen molar-refractivity contribution in [2.24, 2.45) is 0 Å². The van der Waals surface area contributed by atoms with Crippen LogP contribution in [0.25, 0.3) is 11.0 Å². The lowest BCUT2D eigenvalue weighted by Crippen LogP contribution is -2.11. The van der Waals surface area contributed by atoms with Gasteiger partial charge in [0.2, 0.25) is 0 Å². The maximum absolute atomic E-state index is 12.1. The van der Waals surface area contributed by atoms with Gasteiger partial charge in [0.25, 0.3) is 0 Å². The summed E-state index contributed by atoms with van der Waals surface area (Å²) in [4.78, 5) is 15.2. The van der Waals surface area contributed by atoms with Crippen LogP contribution in [-0.4, -0.2) is 32.0 Å². The van der Waals surface area contributed by atoms with Gasteiger partial charge < -0.3 is 10.8 Å². The number of aromatic nitrogens is 3. The Labute approximate surface area is 117 Å². The largest absolute Gasteiger partial charge is 0.478 e. The summed E-state index contributed by atoms with van der Waals surface area (Å²) in [5, 5.41) is 13.3. The highest BCUT2D eigenvalue weighted by Gasteiger charge is 2.26. The van der Waals surface area contributed by atoms with Gasteiger partial charge in [0.1, 0.15) is 5.56 Å². The second-order valence-corrected chi connectivity index (χ2v) is 4.61. The van der Waals surface area contributed by atoms with Crippen molar-refractivity contribution < 1.29 is 23.1 Å². The fourth-order valence-electron chi connectivity index (χ4n) is 2.09. The lowest BCUT2D eigenvalue weighted by atomic mass is 10.1. The van der Waals surface area contributed by atoms with Crippen LogP contribution in [0.4, 0.5) is 18.9 Å². The lowest BCUT2D eigenvalue weighted by Gasteiger charge is -2.08. The Hall–Kier alpha value is -2.32. The first-order valence-corrected chi connectivity index (χ1v) is 6.12. The molecule has 0 atom stereocenters. The number of halogens is 3. The number of carboxylic acid groups (broad SMARTS) is 1. The Balaban J connectivity index is 2.34. The summed E-state index contributed by atoms with van der Waals surface area (Å²) in [6.45, 7) is 1.51. The van der Waals surface area contributed by atoms with E-state index in [1.807, 2.05) is 0 Å². The van der Waals surface area contributed by atoms with Crippen LogP contribution in [0.2, 0.25) is 0 Å². The van der Waals surface area contributed by atoms with Gasteiger partial charge in [0.15, 0.2) is 5.65 Å². The number of alkyl halides is 3. The number of pyridine rings is 1. The molecule has 3 N–H and O–H groups in total. The SMILES string of the molecule is Cc1nc2c(cnn2CCCC(F)(F)F)c(N)c1C(=O)O. The summed E-state index contributed by atoms with van der Waals surface area (Å²) >= 11 is 0. The molecule has 6 nitrogen and oxygen atoms in total. The average molecular weight is 302 g/mol. The molecule has 0 aliphatic heterocycles. The van der Waals surface area contributed by atoms with Crippen LogP contribution in [0.3, 0.4) is 0 Å². The third kappa shape index (κ3) is 3.06. The first kappa shape index (κ1) is 15.1. The smallest absolute Gasteiger partial charge is 0.389 e. The minimum absolute atomic E-state index is 0.0204. The highest BCUT2D eigenvalue weighted by molar-refractivity contribution is 6.03. The van der Waals surface area contributed by atoms with Crippen molar-refractivity contribution in [1.29, 1.82) is 0 Å². The van der Waals surface area contributed by atoms with Crippen molar-refractivity contribution in [1.82, 2.24) is 14.8 Å². The van der Waals surface area contributed by atoms with Crippen LogP contribution >= 0.6 is 0 Å². The molecule has 2 aromatic heterocycles. The van der Waals surface area contributed by atoms with E-state index in [0.717, 1.165) is 0 Å². The summed E-state index contributed by atoms with van der Waals surface area (Å²) in [7, 11) is 0. The van der Waals surface area contributed by atoms with E-state index in [1.54, 1.807) is 0 Å². The molecule has 2 heterocycles. The maximum Gasteiger partial charge on any atom is 0.389 e. The van der Waals surface area contributed by atoms with E-state index >= 15 is 0 Å². The molecule has 9 heteroatoms. The van der Waals surface area contributed by atoms with Gasteiger partial charge in [-0.05, 0) is 13.3 Å². The Morgan fingerprint density at radius 3 is 2.71 bits per heavy atom. The monoisotopic (exact) mass is 302 g/mol. The van der Waals surface area contributed by atoms with Crippen LogP contribution < -0.4 is 5.73 Å². The Morgan fingerprint density at radius 2 is 2.14 bits per heavy atom. The summed E-state index contributed by atoms with van der Waals surface area (Å²) in [6.07, 6.45) is -3.96. The molecule has 0 saturated heterocycles. The normalized spacial score (nSPS) is 12.0.